The summed E-state index contributed by atoms with van der Waals surface area (Å²) in [5.41, 5.74) is 1.28. The van der Waals surface area contributed by atoms with Gasteiger partial charge in [0.25, 0.3) is 0 Å². The molecule has 0 N–H and O–H groups in total. The molecule has 1 aliphatic rings. The fourth-order valence-electron chi connectivity index (χ4n) is 2.89. The minimum absolute atomic E-state index is 0.233. The molecule has 25 heavy (non-hydrogen) atoms. The maximum absolute atomic E-state index is 12.9. The zero-order chi connectivity index (χ0) is 17.9. The molecule has 0 unspecified atom stereocenters. The van der Waals surface area contributed by atoms with Crippen molar-refractivity contribution < 1.29 is 17.9 Å². The number of nitrogens with zero attached hydrogens (tertiary/aromatic N) is 2. The molecule has 6 nitrogen and oxygen atoms in total. The Morgan fingerprint density at radius 1 is 1.04 bits per heavy atom. The molecule has 1 aliphatic heterocycles. The summed E-state index contributed by atoms with van der Waals surface area (Å²) < 4.78 is 37.7. The molecule has 1 saturated heterocycles. The molecule has 2 aromatic rings. The number of benzene rings is 1. The van der Waals surface area contributed by atoms with E-state index in [9.17, 15) is 8.42 Å². The molecule has 0 bridgehead atoms. The van der Waals surface area contributed by atoms with Crippen LogP contribution in [0.4, 0.5) is 0 Å². The van der Waals surface area contributed by atoms with E-state index in [1.807, 2.05) is 0 Å². The van der Waals surface area contributed by atoms with E-state index in [-0.39, 0.29) is 4.90 Å². The number of rotatable bonds is 6. The van der Waals surface area contributed by atoms with Crippen LogP contribution >= 0.6 is 11.3 Å². The number of thiophene rings is 1. The number of piperazine rings is 1. The largest absolute Gasteiger partial charge is 0.493 e. The lowest BCUT2D eigenvalue weighted by atomic mass is 10.3. The average molecular weight is 383 g/mol. The van der Waals surface area contributed by atoms with Gasteiger partial charge in [0.15, 0.2) is 11.5 Å². The molecular formula is C17H22N2O4S2. The zero-order valence-electron chi connectivity index (χ0n) is 14.3. The Bertz CT molecular complexity index is 798. The van der Waals surface area contributed by atoms with E-state index < -0.39 is 10.0 Å². The molecule has 0 amide bonds. The van der Waals surface area contributed by atoms with Gasteiger partial charge in [-0.3, -0.25) is 4.90 Å². The summed E-state index contributed by atoms with van der Waals surface area (Å²) in [6.07, 6.45) is 0. The summed E-state index contributed by atoms with van der Waals surface area (Å²) in [5, 5.41) is 4.19. The van der Waals surface area contributed by atoms with Crippen molar-refractivity contribution in [3.05, 3.63) is 40.6 Å². The molecule has 0 atom stereocenters. The lowest BCUT2D eigenvalue weighted by Crippen LogP contribution is -2.48. The molecule has 0 radical (unpaired) electrons. The lowest BCUT2D eigenvalue weighted by molar-refractivity contribution is 0.182. The van der Waals surface area contributed by atoms with E-state index >= 15 is 0 Å². The first-order chi connectivity index (χ1) is 12.0. The van der Waals surface area contributed by atoms with Crippen LogP contribution in [-0.2, 0) is 16.6 Å². The van der Waals surface area contributed by atoms with Crippen LogP contribution in [0.25, 0.3) is 0 Å². The van der Waals surface area contributed by atoms with Crippen LogP contribution in [0.5, 0.6) is 11.5 Å². The molecular weight excluding hydrogens is 360 g/mol. The van der Waals surface area contributed by atoms with Crippen molar-refractivity contribution in [2.24, 2.45) is 0 Å². The van der Waals surface area contributed by atoms with Gasteiger partial charge in [-0.15, -0.1) is 0 Å². The van der Waals surface area contributed by atoms with Gasteiger partial charge in [0.2, 0.25) is 10.0 Å². The van der Waals surface area contributed by atoms with Gasteiger partial charge in [0.1, 0.15) is 0 Å². The summed E-state index contributed by atoms with van der Waals surface area (Å²) >= 11 is 1.68. The van der Waals surface area contributed by atoms with Crippen LogP contribution in [0.3, 0.4) is 0 Å². The first-order valence-electron chi connectivity index (χ1n) is 8.00. The zero-order valence-corrected chi connectivity index (χ0v) is 16.0. The summed E-state index contributed by atoms with van der Waals surface area (Å²) in [7, 11) is -0.508. The number of ether oxygens (including phenoxy) is 2. The van der Waals surface area contributed by atoms with E-state index in [0.29, 0.717) is 24.6 Å². The van der Waals surface area contributed by atoms with Crippen LogP contribution in [0.15, 0.2) is 39.9 Å². The highest BCUT2D eigenvalue weighted by molar-refractivity contribution is 7.89. The lowest BCUT2D eigenvalue weighted by Gasteiger charge is -2.33. The first kappa shape index (κ1) is 18.2. The van der Waals surface area contributed by atoms with Gasteiger partial charge in [0, 0.05) is 38.8 Å². The van der Waals surface area contributed by atoms with Crippen molar-refractivity contribution in [1.82, 2.24) is 9.21 Å². The highest BCUT2D eigenvalue weighted by atomic mass is 32.2. The molecule has 0 aliphatic carbocycles. The summed E-state index contributed by atoms with van der Waals surface area (Å²) in [4.78, 5) is 2.51. The van der Waals surface area contributed by atoms with Gasteiger partial charge in [-0.25, -0.2) is 8.42 Å². The Morgan fingerprint density at radius 2 is 1.76 bits per heavy atom. The molecule has 0 saturated carbocycles. The maximum Gasteiger partial charge on any atom is 0.243 e. The summed E-state index contributed by atoms with van der Waals surface area (Å²) in [6, 6.07) is 6.82. The predicted molar refractivity (Wildman–Crippen MR) is 97.9 cm³/mol. The van der Waals surface area contributed by atoms with Crippen molar-refractivity contribution in [2.45, 2.75) is 11.4 Å². The number of sulfonamides is 1. The average Bonchev–Trinajstić information content (AvgIpc) is 3.14. The molecule has 1 aromatic heterocycles. The van der Waals surface area contributed by atoms with Crippen LogP contribution in [-0.4, -0.2) is 58.0 Å². The van der Waals surface area contributed by atoms with Crippen molar-refractivity contribution in [2.75, 3.05) is 40.4 Å². The quantitative estimate of drug-likeness (QED) is 0.767. The van der Waals surface area contributed by atoms with Crippen LogP contribution < -0.4 is 9.47 Å². The van der Waals surface area contributed by atoms with Gasteiger partial charge < -0.3 is 9.47 Å². The Labute approximate surface area is 152 Å². The van der Waals surface area contributed by atoms with Crippen molar-refractivity contribution in [1.29, 1.82) is 0 Å². The van der Waals surface area contributed by atoms with Crippen LogP contribution in [0.1, 0.15) is 5.56 Å². The number of hydrogen-bond acceptors (Lipinski definition) is 6. The second kappa shape index (κ2) is 7.74. The minimum atomic E-state index is -3.53. The number of hydrogen-bond donors (Lipinski definition) is 0. The molecule has 2 heterocycles. The Kier molecular flexibility index (Phi) is 5.63. The summed E-state index contributed by atoms with van der Waals surface area (Å²) in [6.45, 7) is 3.29. The van der Waals surface area contributed by atoms with Crippen molar-refractivity contribution in [3.63, 3.8) is 0 Å². The van der Waals surface area contributed by atoms with Crippen molar-refractivity contribution >= 4 is 21.4 Å². The third-order valence-electron chi connectivity index (χ3n) is 4.31. The van der Waals surface area contributed by atoms with Crippen LogP contribution in [0, 0.1) is 0 Å². The molecule has 3 rings (SSSR count). The topological polar surface area (TPSA) is 59.1 Å². The third-order valence-corrected chi connectivity index (χ3v) is 6.94. The van der Waals surface area contributed by atoms with Gasteiger partial charge in [-0.05, 0) is 34.5 Å². The number of methoxy groups -OCH3 is 2. The molecule has 8 heteroatoms. The SMILES string of the molecule is COc1ccc(S(=O)(=O)N2CCN(Cc3ccsc3)CC2)cc1OC. The van der Waals surface area contributed by atoms with E-state index in [1.54, 1.807) is 27.8 Å². The van der Waals surface area contributed by atoms with E-state index in [2.05, 4.69) is 21.7 Å². The van der Waals surface area contributed by atoms with Crippen molar-refractivity contribution in [3.8, 4) is 11.5 Å². The van der Waals surface area contributed by atoms with Gasteiger partial charge >= 0.3 is 0 Å². The highest BCUT2D eigenvalue weighted by Gasteiger charge is 2.29. The highest BCUT2D eigenvalue weighted by Crippen LogP contribution is 2.31. The Balaban J connectivity index is 1.69. The maximum atomic E-state index is 12.9. The van der Waals surface area contributed by atoms with Gasteiger partial charge in [-0.2, -0.15) is 15.6 Å². The van der Waals surface area contributed by atoms with E-state index in [0.717, 1.165) is 19.6 Å². The van der Waals surface area contributed by atoms with E-state index in [1.165, 1.54) is 25.8 Å². The molecule has 1 aromatic carbocycles. The predicted octanol–water partition coefficient (Wildman–Crippen LogP) is 2.27. The third kappa shape index (κ3) is 3.98. The normalized spacial score (nSPS) is 16.7. The standard InChI is InChI=1S/C17H22N2O4S2/c1-22-16-4-3-15(11-17(16)23-2)25(20,21)19-8-6-18(7-9-19)12-14-5-10-24-13-14/h3-5,10-11,13H,6-9,12H2,1-2H3. The van der Waals surface area contributed by atoms with Crippen LogP contribution in [0.2, 0.25) is 0 Å². The smallest absolute Gasteiger partial charge is 0.243 e. The Hall–Kier alpha value is -1.61. The fourth-order valence-corrected chi connectivity index (χ4v) is 4.99. The van der Waals surface area contributed by atoms with E-state index in [4.69, 9.17) is 9.47 Å². The van der Waals surface area contributed by atoms with Gasteiger partial charge in [-0.1, -0.05) is 0 Å². The summed E-state index contributed by atoms with van der Waals surface area (Å²) in [5.74, 6) is 0.932. The fraction of sp³-hybridized carbons (Fsp3) is 0.412. The molecule has 1 fully saturated rings. The minimum Gasteiger partial charge on any atom is -0.493 e. The Morgan fingerprint density at radius 3 is 2.36 bits per heavy atom. The van der Waals surface area contributed by atoms with Gasteiger partial charge in [0.05, 0.1) is 19.1 Å². The first-order valence-corrected chi connectivity index (χ1v) is 10.4. The monoisotopic (exact) mass is 382 g/mol. The molecule has 136 valence electrons. The molecule has 0 spiro atoms. The second-order valence-corrected chi connectivity index (χ2v) is 8.55. The second-order valence-electron chi connectivity index (χ2n) is 5.83.